The number of nitrogens with zero attached hydrogens (tertiary/aromatic N) is 4. The van der Waals surface area contributed by atoms with E-state index in [1.54, 1.807) is 0 Å². The number of benzene rings is 2. The van der Waals surface area contributed by atoms with Gasteiger partial charge in [-0.15, -0.1) is 0 Å². The number of rotatable bonds is 8. The van der Waals surface area contributed by atoms with Crippen LogP contribution in [0.25, 0.3) is 11.4 Å². The topological polar surface area (TPSA) is 71.7 Å². The highest BCUT2D eigenvalue weighted by molar-refractivity contribution is 5.76. The van der Waals surface area contributed by atoms with Crippen molar-refractivity contribution in [3.8, 4) is 17.1 Å². The highest BCUT2D eigenvalue weighted by Gasteiger charge is 2.27. The molecule has 1 saturated heterocycles. The molecule has 7 nitrogen and oxygen atoms in total. The number of carbonyl (C=O) groups is 1. The van der Waals surface area contributed by atoms with Crippen LogP contribution in [-0.2, 0) is 11.2 Å². The largest absolute Gasteiger partial charge is 0.494 e. The molecule has 32 heavy (non-hydrogen) atoms. The molecule has 0 saturated carbocycles. The molecule has 1 atom stereocenters. The van der Waals surface area contributed by atoms with Gasteiger partial charge in [0.15, 0.2) is 0 Å². The van der Waals surface area contributed by atoms with Gasteiger partial charge in [-0.25, -0.2) is 0 Å². The van der Waals surface area contributed by atoms with Crippen LogP contribution in [0.15, 0.2) is 59.1 Å². The second kappa shape index (κ2) is 10.4. The maximum atomic E-state index is 12.7. The predicted molar refractivity (Wildman–Crippen MR) is 122 cm³/mol. The lowest BCUT2D eigenvalue weighted by atomic mass is 10.1. The number of hydrogen-bond acceptors (Lipinski definition) is 6. The van der Waals surface area contributed by atoms with E-state index in [4.69, 9.17) is 9.26 Å². The summed E-state index contributed by atoms with van der Waals surface area (Å²) in [6.07, 6.45) is 1.26. The Balaban J connectivity index is 1.25. The van der Waals surface area contributed by atoms with E-state index < -0.39 is 0 Å². The Labute approximate surface area is 189 Å². The maximum Gasteiger partial charge on any atom is 0.244 e. The summed E-state index contributed by atoms with van der Waals surface area (Å²) in [7, 11) is 0. The number of piperazine rings is 1. The third-order valence-corrected chi connectivity index (χ3v) is 5.91. The number of hydrogen-bond donors (Lipinski definition) is 0. The molecule has 2 aromatic carbocycles. The van der Waals surface area contributed by atoms with Crippen molar-refractivity contribution in [3.63, 3.8) is 0 Å². The van der Waals surface area contributed by atoms with Gasteiger partial charge in [0.1, 0.15) is 5.75 Å². The first-order chi connectivity index (χ1) is 15.6. The predicted octanol–water partition coefficient (Wildman–Crippen LogP) is 3.97. The molecule has 0 spiro atoms. The summed E-state index contributed by atoms with van der Waals surface area (Å²) in [5.74, 6) is 2.29. The van der Waals surface area contributed by atoms with Gasteiger partial charge in [-0.3, -0.25) is 9.69 Å². The summed E-state index contributed by atoms with van der Waals surface area (Å²) in [5.41, 5.74) is 2.09. The number of amides is 1. The standard InChI is InChI=1S/C25H30N4O3/c1-3-31-22-12-9-20(10-13-22)11-14-23(30)29-17-15-28(16-18-29)19(2)25-26-24(27-32-25)21-7-5-4-6-8-21/h4-10,12-13,19H,3,11,14-18H2,1-2H3. The third kappa shape index (κ3) is 5.34. The van der Waals surface area contributed by atoms with Gasteiger partial charge in [-0.05, 0) is 38.0 Å². The SMILES string of the molecule is CCOc1ccc(CCC(=O)N2CCN(C(C)c3nc(-c4ccccc4)no3)CC2)cc1. The van der Waals surface area contributed by atoms with Gasteiger partial charge in [0, 0.05) is 38.2 Å². The van der Waals surface area contributed by atoms with Gasteiger partial charge < -0.3 is 14.2 Å². The molecule has 7 heteroatoms. The second-order valence-corrected chi connectivity index (χ2v) is 7.99. The minimum absolute atomic E-state index is 0.0149. The zero-order valence-electron chi connectivity index (χ0n) is 18.7. The molecule has 4 rings (SSSR count). The second-order valence-electron chi connectivity index (χ2n) is 7.99. The molecule has 1 aromatic heterocycles. The number of aryl methyl sites for hydroxylation is 1. The van der Waals surface area contributed by atoms with E-state index >= 15 is 0 Å². The molecule has 1 aliphatic rings. The number of ether oxygens (including phenoxy) is 1. The van der Waals surface area contributed by atoms with Gasteiger partial charge in [0.2, 0.25) is 17.6 Å². The van der Waals surface area contributed by atoms with Crippen molar-refractivity contribution in [3.05, 3.63) is 66.1 Å². The monoisotopic (exact) mass is 434 g/mol. The summed E-state index contributed by atoms with van der Waals surface area (Å²) in [6.45, 7) is 7.71. The Morgan fingerprint density at radius 3 is 2.47 bits per heavy atom. The molecular weight excluding hydrogens is 404 g/mol. The molecule has 0 N–H and O–H groups in total. The van der Waals surface area contributed by atoms with Crippen LogP contribution in [-0.4, -0.2) is 58.6 Å². The maximum absolute atomic E-state index is 12.7. The minimum atomic E-state index is 0.0149. The Morgan fingerprint density at radius 2 is 1.78 bits per heavy atom. The van der Waals surface area contributed by atoms with Crippen LogP contribution in [0.3, 0.4) is 0 Å². The molecule has 1 amide bonds. The van der Waals surface area contributed by atoms with Gasteiger partial charge in [-0.1, -0.05) is 47.6 Å². The van der Waals surface area contributed by atoms with Crippen LogP contribution >= 0.6 is 0 Å². The van der Waals surface area contributed by atoms with Gasteiger partial charge >= 0.3 is 0 Å². The molecule has 3 aromatic rings. The highest BCUT2D eigenvalue weighted by Crippen LogP contribution is 2.23. The van der Waals surface area contributed by atoms with Crippen molar-refractivity contribution in [1.29, 1.82) is 0 Å². The smallest absolute Gasteiger partial charge is 0.244 e. The van der Waals surface area contributed by atoms with E-state index in [0.717, 1.165) is 36.4 Å². The highest BCUT2D eigenvalue weighted by atomic mass is 16.5. The lowest BCUT2D eigenvalue weighted by molar-refractivity contribution is -0.133. The molecule has 1 unspecified atom stereocenters. The fourth-order valence-electron chi connectivity index (χ4n) is 3.95. The molecule has 0 aliphatic carbocycles. The summed E-state index contributed by atoms with van der Waals surface area (Å²) in [5, 5.41) is 4.13. The van der Waals surface area contributed by atoms with E-state index in [0.29, 0.717) is 37.8 Å². The van der Waals surface area contributed by atoms with Crippen LogP contribution in [0, 0.1) is 0 Å². The van der Waals surface area contributed by atoms with Crippen LogP contribution < -0.4 is 4.74 Å². The van der Waals surface area contributed by atoms with Crippen LogP contribution in [0.5, 0.6) is 5.75 Å². The molecule has 168 valence electrons. The normalized spacial score (nSPS) is 15.5. The molecule has 1 aliphatic heterocycles. The van der Waals surface area contributed by atoms with E-state index in [-0.39, 0.29) is 11.9 Å². The first-order valence-electron chi connectivity index (χ1n) is 11.3. The Bertz CT molecular complexity index is 996. The van der Waals surface area contributed by atoms with Crippen molar-refractivity contribution >= 4 is 5.91 Å². The Morgan fingerprint density at radius 1 is 1.06 bits per heavy atom. The van der Waals surface area contributed by atoms with Crippen molar-refractivity contribution in [2.45, 2.75) is 32.7 Å². The molecular formula is C25H30N4O3. The van der Waals surface area contributed by atoms with Crippen LogP contribution in [0.4, 0.5) is 0 Å². The summed E-state index contributed by atoms with van der Waals surface area (Å²) in [4.78, 5) is 21.5. The van der Waals surface area contributed by atoms with E-state index in [9.17, 15) is 4.79 Å². The van der Waals surface area contributed by atoms with E-state index in [1.807, 2.05) is 66.4 Å². The molecule has 1 fully saturated rings. The van der Waals surface area contributed by atoms with Crippen LogP contribution in [0.2, 0.25) is 0 Å². The molecule has 2 heterocycles. The zero-order chi connectivity index (χ0) is 22.3. The zero-order valence-corrected chi connectivity index (χ0v) is 18.7. The Kier molecular flexibility index (Phi) is 7.17. The van der Waals surface area contributed by atoms with E-state index in [1.165, 1.54) is 0 Å². The Hall–Kier alpha value is -3.19. The van der Waals surface area contributed by atoms with Crippen molar-refractivity contribution in [1.82, 2.24) is 19.9 Å². The van der Waals surface area contributed by atoms with Crippen molar-refractivity contribution in [2.75, 3.05) is 32.8 Å². The first-order valence-corrected chi connectivity index (χ1v) is 11.3. The van der Waals surface area contributed by atoms with Gasteiger partial charge in [-0.2, -0.15) is 4.98 Å². The minimum Gasteiger partial charge on any atom is -0.494 e. The molecule has 0 radical (unpaired) electrons. The average molecular weight is 435 g/mol. The summed E-state index contributed by atoms with van der Waals surface area (Å²) < 4.78 is 11.0. The number of aromatic nitrogens is 2. The molecule has 0 bridgehead atoms. The summed E-state index contributed by atoms with van der Waals surface area (Å²) in [6, 6.07) is 17.8. The lowest BCUT2D eigenvalue weighted by Crippen LogP contribution is -2.49. The third-order valence-electron chi connectivity index (χ3n) is 5.91. The van der Waals surface area contributed by atoms with Gasteiger partial charge in [0.05, 0.1) is 12.6 Å². The average Bonchev–Trinajstić information content (AvgIpc) is 3.34. The lowest BCUT2D eigenvalue weighted by Gasteiger charge is -2.36. The van der Waals surface area contributed by atoms with Crippen molar-refractivity contribution in [2.24, 2.45) is 0 Å². The van der Waals surface area contributed by atoms with Crippen molar-refractivity contribution < 1.29 is 14.1 Å². The number of carbonyl (C=O) groups excluding carboxylic acids is 1. The first kappa shape index (κ1) is 22.0. The quantitative estimate of drug-likeness (QED) is 0.534. The van der Waals surface area contributed by atoms with Gasteiger partial charge in [0.25, 0.3) is 0 Å². The fraction of sp³-hybridized carbons (Fsp3) is 0.400. The van der Waals surface area contributed by atoms with Crippen LogP contribution in [0.1, 0.15) is 37.8 Å². The van der Waals surface area contributed by atoms with E-state index in [2.05, 4.69) is 22.0 Å². The summed E-state index contributed by atoms with van der Waals surface area (Å²) >= 11 is 0. The fourth-order valence-corrected chi connectivity index (χ4v) is 3.95.